The molecule has 0 rings (SSSR count). The third-order valence-electron chi connectivity index (χ3n) is 0.977. The summed E-state index contributed by atoms with van der Waals surface area (Å²) < 4.78 is 4.88. The molecule has 3 N–H and O–H groups in total. The first-order valence-corrected chi connectivity index (χ1v) is 3.18. The van der Waals surface area contributed by atoms with Crippen LogP contribution < -0.4 is 5.73 Å². The molecule has 56 valence electrons. The highest BCUT2D eigenvalue weighted by Crippen LogP contribution is 2.00. The first-order valence-electron chi connectivity index (χ1n) is 3.18. The van der Waals surface area contributed by atoms with Crippen molar-refractivity contribution >= 4 is 0 Å². The lowest BCUT2D eigenvalue weighted by molar-refractivity contribution is -0.123. The Morgan fingerprint density at radius 1 is 1.56 bits per heavy atom. The molecule has 0 bridgehead atoms. The van der Waals surface area contributed by atoms with Gasteiger partial charge < -0.3 is 15.6 Å². The standard InChI is InChI=1S/C6H15NO2/c1-5(2)6(8)9-4-3-7/h5-6,8H,3-4,7H2,1-2H3. The van der Waals surface area contributed by atoms with Gasteiger partial charge in [0.05, 0.1) is 6.61 Å². The lowest BCUT2D eigenvalue weighted by Gasteiger charge is -2.13. The average molecular weight is 133 g/mol. The quantitative estimate of drug-likeness (QED) is 0.528. The summed E-state index contributed by atoms with van der Waals surface area (Å²) in [6, 6.07) is 0. The predicted octanol–water partition coefficient (Wildman–Crippen LogP) is -0.0639. The van der Waals surface area contributed by atoms with E-state index in [-0.39, 0.29) is 5.92 Å². The lowest BCUT2D eigenvalue weighted by atomic mass is 10.2. The number of aliphatic hydroxyl groups excluding tert-OH is 1. The van der Waals surface area contributed by atoms with Crippen molar-refractivity contribution in [2.45, 2.75) is 20.1 Å². The summed E-state index contributed by atoms with van der Waals surface area (Å²) in [5, 5.41) is 8.98. The molecule has 3 heteroatoms. The van der Waals surface area contributed by atoms with Crippen LogP contribution in [-0.4, -0.2) is 24.5 Å². The van der Waals surface area contributed by atoms with Gasteiger partial charge in [-0.3, -0.25) is 0 Å². The van der Waals surface area contributed by atoms with E-state index in [1.165, 1.54) is 0 Å². The summed E-state index contributed by atoms with van der Waals surface area (Å²) in [7, 11) is 0. The number of hydrogen-bond donors (Lipinski definition) is 2. The lowest BCUT2D eigenvalue weighted by Crippen LogP contribution is -2.22. The van der Waals surface area contributed by atoms with Crippen LogP contribution in [0.15, 0.2) is 0 Å². The molecule has 1 atom stereocenters. The Labute approximate surface area is 55.8 Å². The third kappa shape index (κ3) is 4.39. The second kappa shape index (κ2) is 4.73. The first kappa shape index (κ1) is 8.88. The Morgan fingerprint density at radius 2 is 2.11 bits per heavy atom. The van der Waals surface area contributed by atoms with Gasteiger partial charge in [0, 0.05) is 12.5 Å². The van der Waals surface area contributed by atoms with Gasteiger partial charge in [0.15, 0.2) is 6.29 Å². The number of rotatable bonds is 4. The molecule has 0 aromatic rings. The van der Waals surface area contributed by atoms with E-state index in [1.54, 1.807) is 0 Å². The Morgan fingerprint density at radius 3 is 2.44 bits per heavy atom. The smallest absolute Gasteiger partial charge is 0.156 e. The largest absolute Gasteiger partial charge is 0.368 e. The van der Waals surface area contributed by atoms with Gasteiger partial charge in [-0.05, 0) is 0 Å². The molecule has 3 nitrogen and oxygen atoms in total. The highest BCUT2D eigenvalue weighted by molar-refractivity contribution is 4.46. The zero-order chi connectivity index (χ0) is 7.28. The maximum absolute atomic E-state index is 8.98. The zero-order valence-corrected chi connectivity index (χ0v) is 6.00. The molecule has 0 spiro atoms. The Hall–Kier alpha value is -0.120. The summed E-state index contributed by atoms with van der Waals surface area (Å²) in [5.74, 6) is 0.150. The van der Waals surface area contributed by atoms with E-state index in [2.05, 4.69) is 0 Å². The molecule has 0 aromatic heterocycles. The molecule has 0 saturated carbocycles. The monoisotopic (exact) mass is 133 g/mol. The molecule has 0 fully saturated rings. The maximum Gasteiger partial charge on any atom is 0.156 e. The van der Waals surface area contributed by atoms with E-state index in [9.17, 15) is 0 Å². The van der Waals surface area contributed by atoms with Crippen LogP contribution in [-0.2, 0) is 4.74 Å². The molecule has 0 aliphatic rings. The second-order valence-electron chi connectivity index (χ2n) is 2.29. The normalized spacial score (nSPS) is 14.3. The highest BCUT2D eigenvalue weighted by Gasteiger charge is 2.06. The first-order chi connectivity index (χ1) is 4.18. The van der Waals surface area contributed by atoms with Crippen molar-refractivity contribution in [1.82, 2.24) is 0 Å². The Bertz CT molecular complexity index is 66.1. The number of hydrogen-bond acceptors (Lipinski definition) is 3. The summed E-state index contributed by atoms with van der Waals surface area (Å²) in [5.41, 5.74) is 5.14. The van der Waals surface area contributed by atoms with Gasteiger partial charge in [0.1, 0.15) is 0 Å². The van der Waals surface area contributed by atoms with Crippen molar-refractivity contribution in [1.29, 1.82) is 0 Å². The minimum absolute atomic E-state index is 0.150. The van der Waals surface area contributed by atoms with Crippen LogP contribution in [0.25, 0.3) is 0 Å². The van der Waals surface area contributed by atoms with Gasteiger partial charge in [-0.2, -0.15) is 0 Å². The van der Waals surface area contributed by atoms with Crippen molar-refractivity contribution in [3.05, 3.63) is 0 Å². The van der Waals surface area contributed by atoms with Gasteiger partial charge in [-0.25, -0.2) is 0 Å². The summed E-state index contributed by atoms with van der Waals surface area (Å²) in [6.45, 7) is 4.67. The molecule has 0 aliphatic carbocycles. The maximum atomic E-state index is 8.98. The van der Waals surface area contributed by atoms with E-state index in [0.29, 0.717) is 13.2 Å². The minimum Gasteiger partial charge on any atom is -0.368 e. The predicted molar refractivity (Wildman–Crippen MR) is 35.9 cm³/mol. The van der Waals surface area contributed by atoms with E-state index in [0.717, 1.165) is 0 Å². The third-order valence-corrected chi connectivity index (χ3v) is 0.977. The molecular formula is C6H15NO2. The zero-order valence-electron chi connectivity index (χ0n) is 6.00. The fraction of sp³-hybridized carbons (Fsp3) is 1.00. The van der Waals surface area contributed by atoms with Crippen molar-refractivity contribution in [2.24, 2.45) is 11.7 Å². The summed E-state index contributed by atoms with van der Waals surface area (Å²) in [6.07, 6.45) is -0.659. The van der Waals surface area contributed by atoms with Crippen LogP contribution in [0.1, 0.15) is 13.8 Å². The fourth-order valence-electron chi connectivity index (χ4n) is 0.381. The van der Waals surface area contributed by atoms with Crippen LogP contribution >= 0.6 is 0 Å². The molecule has 0 heterocycles. The Kier molecular flexibility index (Phi) is 4.67. The van der Waals surface area contributed by atoms with Crippen molar-refractivity contribution in [3.8, 4) is 0 Å². The number of ether oxygens (including phenoxy) is 1. The SMILES string of the molecule is CC(C)C(O)OCCN. The second-order valence-corrected chi connectivity index (χ2v) is 2.29. The van der Waals surface area contributed by atoms with E-state index < -0.39 is 6.29 Å². The highest BCUT2D eigenvalue weighted by atomic mass is 16.6. The minimum atomic E-state index is -0.659. The molecule has 0 amide bonds. The van der Waals surface area contributed by atoms with Crippen LogP contribution in [0, 0.1) is 5.92 Å². The average Bonchev–Trinajstić information content (AvgIpc) is 1.82. The van der Waals surface area contributed by atoms with Crippen molar-refractivity contribution in [2.75, 3.05) is 13.2 Å². The molecular weight excluding hydrogens is 118 g/mol. The molecule has 0 radical (unpaired) electrons. The van der Waals surface area contributed by atoms with Gasteiger partial charge >= 0.3 is 0 Å². The van der Waals surface area contributed by atoms with Gasteiger partial charge in [-0.1, -0.05) is 13.8 Å². The molecule has 0 saturated heterocycles. The topological polar surface area (TPSA) is 55.5 Å². The number of aliphatic hydroxyl groups is 1. The van der Waals surface area contributed by atoms with Crippen LogP contribution in [0.5, 0.6) is 0 Å². The Balaban J connectivity index is 3.16. The van der Waals surface area contributed by atoms with Crippen LogP contribution in [0.2, 0.25) is 0 Å². The van der Waals surface area contributed by atoms with Crippen LogP contribution in [0.4, 0.5) is 0 Å². The van der Waals surface area contributed by atoms with E-state index in [1.807, 2.05) is 13.8 Å². The molecule has 0 aromatic carbocycles. The summed E-state index contributed by atoms with van der Waals surface area (Å²) >= 11 is 0. The van der Waals surface area contributed by atoms with Gasteiger partial charge in [0.25, 0.3) is 0 Å². The molecule has 0 aliphatic heterocycles. The summed E-state index contributed by atoms with van der Waals surface area (Å²) in [4.78, 5) is 0. The van der Waals surface area contributed by atoms with Crippen LogP contribution in [0.3, 0.4) is 0 Å². The molecule has 9 heavy (non-hydrogen) atoms. The van der Waals surface area contributed by atoms with E-state index in [4.69, 9.17) is 15.6 Å². The van der Waals surface area contributed by atoms with E-state index >= 15 is 0 Å². The number of nitrogens with two attached hydrogens (primary N) is 1. The fourth-order valence-corrected chi connectivity index (χ4v) is 0.381. The van der Waals surface area contributed by atoms with Gasteiger partial charge in [0.2, 0.25) is 0 Å². The van der Waals surface area contributed by atoms with Gasteiger partial charge in [-0.15, -0.1) is 0 Å². The molecule has 1 unspecified atom stereocenters. The van der Waals surface area contributed by atoms with Crippen molar-refractivity contribution in [3.63, 3.8) is 0 Å². The van der Waals surface area contributed by atoms with Crippen molar-refractivity contribution < 1.29 is 9.84 Å².